The number of halogens is 1. The lowest BCUT2D eigenvalue weighted by atomic mass is 10.0. The van der Waals surface area contributed by atoms with Gasteiger partial charge >= 0.3 is 0 Å². The maximum absolute atomic E-state index is 13.3. The normalized spacial score (nSPS) is 13.7. The number of anilines is 1. The Morgan fingerprint density at radius 3 is 3.04 bits per heavy atom. The molecule has 120 valence electrons. The van der Waals surface area contributed by atoms with Crippen LogP contribution in [0.2, 0.25) is 0 Å². The molecule has 1 aliphatic rings. The first kappa shape index (κ1) is 15.4. The fourth-order valence-electron chi connectivity index (χ4n) is 2.80. The van der Waals surface area contributed by atoms with E-state index >= 15 is 0 Å². The molecule has 1 aromatic carbocycles. The first-order valence-corrected chi connectivity index (χ1v) is 7.66. The number of rotatable bonds is 3. The Balaban J connectivity index is 1.62. The van der Waals surface area contributed by atoms with Gasteiger partial charge in [0, 0.05) is 19.2 Å². The van der Waals surface area contributed by atoms with E-state index in [1.807, 2.05) is 0 Å². The second kappa shape index (κ2) is 6.32. The smallest absolute Gasteiger partial charge is 0.223 e. The van der Waals surface area contributed by atoms with Gasteiger partial charge in [-0.2, -0.15) is 0 Å². The zero-order valence-electron chi connectivity index (χ0n) is 13.1. The van der Waals surface area contributed by atoms with Crippen LogP contribution in [0.15, 0.2) is 24.4 Å². The van der Waals surface area contributed by atoms with Gasteiger partial charge in [-0.1, -0.05) is 12.1 Å². The first-order chi connectivity index (χ1) is 11.0. The third-order valence-electron chi connectivity index (χ3n) is 4.17. The largest absolute Gasteiger partial charge is 0.368 e. The zero-order valence-corrected chi connectivity index (χ0v) is 13.1. The Morgan fingerprint density at radius 2 is 2.26 bits per heavy atom. The van der Waals surface area contributed by atoms with E-state index in [2.05, 4.69) is 9.97 Å². The SMILES string of the molecule is Cc1cc(CCC(=O)N2CCc3cnc(N)nc3C2)ccc1F. The summed E-state index contributed by atoms with van der Waals surface area (Å²) in [7, 11) is 0. The Labute approximate surface area is 134 Å². The minimum atomic E-state index is -0.218. The molecule has 0 saturated heterocycles. The average molecular weight is 314 g/mol. The third-order valence-corrected chi connectivity index (χ3v) is 4.17. The highest BCUT2D eigenvalue weighted by atomic mass is 19.1. The molecule has 2 aromatic rings. The quantitative estimate of drug-likeness (QED) is 0.941. The van der Waals surface area contributed by atoms with Crippen molar-refractivity contribution in [1.82, 2.24) is 14.9 Å². The van der Waals surface area contributed by atoms with Crippen molar-refractivity contribution in [3.05, 3.63) is 52.6 Å². The van der Waals surface area contributed by atoms with Crippen molar-refractivity contribution in [3.63, 3.8) is 0 Å². The molecule has 0 bridgehead atoms. The first-order valence-electron chi connectivity index (χ1n) is 7.66. The second-order valence-corrected chi connectivity index (χ2v) is 5.85. The second-order valence-electron chi connectivity index (χ2n) is 5.85. The topological polar surface area (TPSA) is 72.1 Å². The van der Waals surface area contributed by atoms with E-state index in [1.54, 1.807) is 30.2 Å². The molecule has 0 saturated carbocycles. The van der Waals surface area contributed by atoms with Crippen LogP contribution in [-0.2, 0) is 24.2 Å². The molecule has 0 spiro atoms. The number of benzene rings is 1. The highest BCUT2D eigenvalue weighted by Gasteiger charge is 2.22. The standard InChI is InChI=1S/C17H19FN4O/c1-11-8-12(2-4-14(11)18)3-5-16(23)22-7-6-13-9-20-17(19)21-15(13)10-22/h2,4,8-9H,3,5-7,10H2,1H3,(H2,19,20,21). The van der Waals surface area contributed by atoms with Crippen molar-refractivity contribution in [2.24, 2.45) is 0 Å². The third kappa shape index (κ3) is 3.47. The Morgan fingerprint density at radius 1 is 1.43 bits per heavy atom. The molecule has 1 aliphatic heterocycles. The average Bonchev–Trinajstić information content (AvgIpc) is 2.55. The van der Waals surface area contributed by atoms with Crippen molar-refractivity contribution >= 4 is 11.9 Å². The van der Waals surface area contributed by atoms with E-state index in [0.717, 1.165) is 23.2 Å². The van der Waals surface area contributed by atoms with Gasteiger partial charge in [-0.25, -0.2) is 14.4 Å². The van der Waals surface area contributed by atoms with E-state index in [4.69, 9.17) is 5.73 Å². The zero-order chi connectivity index (χ0) is 16.4. The van der Waals surface area contributed by atoms with Crippen molar-refractivity contribution in [3.8, 4) is 0 Å². The van der Waals surface area contributed by atoms with Crippen LogP contribution in [0.4, 0.5) is 10.3 Å². The van der Waals surface area contributed by atoms with Crippen molar-refractivity contribution in [2.75, 3.05) is 12.3 Å². The molecule has 0 aliphatic carbocycles. The molecule has 0 fully saturated rings. The van der Waals surface area contributed by atoms with Gasteiger partial charge in [0.2, 0.25) is 11.9 Å². The van der Waals surface area contributed by atoms with Crippen LogP contribution >= 0.6 is 0 Å². The van der Waals surface area contributed by atoms with Crippen LogP contribution in [-0.4, -0.2) is 27.3 Å². The van der Waals surface area contributed by atoms with E-state index in [-0.39, 0.29) is 17.7 Å². The van der Waals surface area contributed by atoms with E-state index in [0.29, 0.717) is 31.5 Å². The number of carbonyl (C=O) groups excluding carboxylic acids is 1. The number of aryl methyl sites for hydroxylation is 2. The molecule has 1 amide bonds. The minimum Gasteiger partial charge on any atom is -0.368 e. The fourth-order valence-corrected chi connectivity index (χ4v) is 2.80. The van der Waals surface area contributed by atoms with Crippen molar-refractivity contribution in [1.29, 1.82) is 0 Å². The van der Waals surface area contributed by atoms with Crippen LogP contribution < -0.4 is 5.73 Å². The molecular formula is C17H19FN4O. The molecule has 1 aromatic heterocycles. The molecule has 2 heterocycles. The summed E-state index contributed by atoms with van der Waals surface area (Å²) in [6.07, 6.45) is 3.49. The Kier molecular flexibility index (Phi) is 4.23. The van der Waals surface area contributed by atoms with Crippen LogP contribution in [0, 0.1) is 12.7 Å². The summed E-state index contributed by atoms with van der Waals surface area (Å²) in [5.74, 6) is 0.0969. The number of nitrogens with zero attached hydrogens (tertiary/aromatic N) is 3. The molecule has 0 atom stereocenters. The predicted octanol–water partition coefficient (Wildman–Crippen LogP) is 2.02. The lowest BCUT2D eigenvalue weighted by Gasteiger charge is -2.28. The van der Waals surface area contributed by atoms with Gasteiger partial charge in [-0.3, -0.25) is 4.79 Å². The summed E-state index contributed by atoms with van der Waals surface area (Å²) in [4.78, 5) is 22.4. The number of hydrogen-bond donors (Lipinski definition) is 1. The van der Waals surface area contributed by atoms with Gasteiger partial charge in [0.15, 0.2) is 0 Å². The highest BCUT2D eigenvalue weighted by Crippen LogP contribution is 2.18. The molecular weight excluding hydrogens is 295 g/mol. The summed E-state index contributed by atoms with van der Waals surface area (Å²) in [6, 6.07) is 4.98. The Bertz CT molecular complexity index is 747. The summed E-state index contributed by atoms with van der Waals surface area (Å²) >= 11 is 0. The maximum atomic E-state index is 13.3. The monoisotopic (exact) mass is 314 g/mol. The van der Waals surface area contributed by atoms with Crippen LogP contribution in [0.25, 0.3) is 0 Å². The van der Waals surface area contributed by atoms with E-state index < -0.39 is 0 Å². The van der Waals surface area contributed by atoms with Gasteiger partial charge in [-0.05, 0) is 42.5 Å². The number of amides is 1. The van der Waals surface area contributed by atoms with E-state index in [1.165, 1.54) is 6.07 Å². The minimum absolute atomic E-state index is 0.0785. The number of carbonyl (C=O) groups is 1. The summed E-state index contributed by atoms with van der Waals surface area (Å²) in [6.45, 7) is 2.87. The molecule has 5 nitrogen and oxygen atoms in total. The number of hydrogen-bond acceptors (Lipinski definition) is 4. The van der Waals surface area contributed by atoms with Crippen molar-refractivity contribution < 1.29 is 9.18 Å². The molecule has 6 heteroatoms. The predicted molar refractivity (Wildman–Crippen MR) is 85.0 cm³/mol. The van der Waals surface area contributed by atoms with Gasteiger partial charge < -0.3 is 10.6 Å². The van der Waals surface area contributed by atoms with Gasteiger partial charge in [0.25, 0.3) is 0 Å². The van der Waals surface area contributed by atoms with Crippen LogP contribution in [0.5, 0.6) is 0 Å². The number of aromatic nitrogens is 2. The lowest BCUT2D eigenvalue weighted by Crippen LogP contribution is -2.36. The summed E-state index contributed by atoms with van der Waals surface area (Å²) in [5, 5.41) is 0. The van der Waals surface area contributed by atoms with Gasteiger partial charge in [0.1, 0.15) is 5.82 Å². The number of nitrogens with two attached hydrogens (primary N) is 1. The van der Waals surface area contributed by atoms with E-state index in [9.17, 15) is 9.18 Å². The highest BCUT2D eigenvalue weighted by molar-refractivity contribution is 5.76. The molecule has 3 rings (SSSR count). The van der Waals surface area contributed by atoms with Gasteiger partial charge in [-0.15, -0.1) is 0 Å². The number of fused-ring (bicyclic) bond motifs is 1. The fraction of sp³-hybridized carbons (Fsp3) is 0.353. The molecule has 23 heavy (non-hydrogen) atoms. The molecule has 2 N–H and O–H groups in total. The summed E-state index contributed by atoms with van der Waals surface area (Å²) < 4.78 is 13.3. The van der Waals surface area contributed by atoms with Crippen LogP contribution in [0.1, 0.15) is 28.8 Å². The van der Waals surface area contributed by atoms with Gasteiger partial charge in [0.05, 0.1) is 12.2 Å². The maximum Gasteiger partial charge on any atom is 0.223 e. The number of nitrogen functional groups attached to an aromatic ring is 1. The van der Waals surface area contributed by atoms with Crippen LogP contribution in [0.3, 0.4) is 0 Å². The Hall–Kier alpha value is -2.50. The molecule has 0 unspecified atom stereocenters. The lowest BCUT2D eigenvalue weighted by molar-refractivity contribution is -0.132. The summed E-state index contributed by atoms with van der Waals surface area (Å²) in [5.41, 5.74) is 9.07. The van der Waals surface area contributed by atoms with Crippen molar-refractivity contribution in [2.45, 2.75) is 32.7 Å². The molecule has 0 radical (unpaired) electrons.